The minimum Gasteiger partial charge on any atom is -0.337 e. The van der Waals surface area contributed by atoms with Gasteiger partial charge in [-0.25, -0.2) is 0 Å². The van der Waals surface area contributed by atoms with Crippen molar-refractivity contribution < 1.29 is 0 Å². The van der Waals surface area contributed by atoms with Crippen molar-refractivity contribution in [2.24, 2.45) is 0 Å². The number of aromatic nitrogens is 1. The molecule has 1 aromatic carbocycles. The highest BCUT2D eigenvalue weighted by atomic mass is 15.2. The van der Waals surface area contributed by atoms with Gasteiger partial charge in [-0.2, -0.15) is 0 Å². The fourth-order valence-electron chi connectivity index (χ4n) is 3.02. The maximum atomic E-state index is 4.21. The number of pyridine rings is 1. The van der Waals surface area contributed by atoms with Crippen LogP contribution in [0.3, 0.4) is 0 Å². The first-order valence-corrected chi connectivity index (χ1v) is 5.73. The Morgan fingerprint density at radius 1 is 1.00 bits per heavy atom. The largest absolute Gasteiger partial charge is 0.337 e. The van der Waals surface area contributed by atoms with Gasteiger partial charge in [0.1, 0.15) is 0 Å². The van der Waals surface area contributed by atoms with E-state index in [-0.39, 0.29) is 0 Å². The van der Waals surface area contributed by atoms with Crippen molar-refractivity contribution in [1.82, 2.24) is 4.98 Å². The van der Waals surface area contributed by atoms with Crippen molar-refractivity contribution in [3.8, 4) is 0 Å². The molecule has 0 spiro atoms. The number of hydrogen-bond donors (Lipinski definition) is 0. The lowest BCUT2D eigenvalue weighted by Crippen LogP contribution is -2.22. The van der Waals surface area contributed by atoms with Gasteiger partial charge < -0.3 is 4.90 Å². The lowest BCUT2D eigenvalue weighted by Gasteiger charge is -2.19. The summed E-state index contributed by atoms with van der Waals surface area (Å²) in [4.78, 5) is 6.69. The molecule has 2 nitrogen and oxygen atoms in total. The predicted molar refractivity (Wildman–Crippen MR) is 64.0 cm³/mol. The molecular weight excluding hydrogens is 196 g/mol. The van der Waals surface area contributed by atoms with Crippen LogP contribution in [0.15, 0.2) is 42.7 Å². The number of hydrogen-bond acceptors (Lipinski definition) is 2. The summed E-state index contributed by atoms with van der Waals surface area (Å²) in [5.74, 6) is 0. The lowest BCUT2D eigenvalue weighted by atomic mass is 10.1. The molecule has 0 N–H and O–H groups in total. The SMILES string of the molecule is c1ccc2c(c1)CC1Cc3cnccc3N21. The Morgan fingerprint density at radius 3 is 2.81 bits per heavy atom. The second kappa shape index (κ2) is 2.85. The zero-order valence-electron chi connectivity index (χ0n) is 8.93. The molecule has 0 radical (unpaired) electrons. The molecule has 4 rings (SSSR count). The van der Waals surface area contributed by atoms with E-state index in [1.807, 2.05) is 12.4 Å². The van der Waals surface area contributed by atoms with Crippen LogP contribution >= 0.6 is 0 Å². The third-order valence-corrected chi connectivity index (χ3v) is 3.66. The van der Waals surface area contributed by atoms with Gasteiger partial charge >= 0.3 is 0 Å². The van der Waals surface area contributed by atoms with E-state index in [0.29, 0.717) is 6.04 Å². The fraction of sp³-hybridized carbons (Fsp3) is 0.214. The number of para-hydroxylation sites is 1. The molecule has 0 saturated heterocycles. The molecule has 0 fully saturated rings. The second-order valence-corrected chi connectivity index (χ2v) is 4.57. The van der Waals surface area contributed by atoms with Gasteiger partial charge in [-0.3, -0.25) is 4.98 Å². The normalized spacial score (nSPS) is 20.5. The molecule has 0 saturated carbocycles. The van der Waals surface area contributed by atoms with Gasteiger partial charge in [-0.1, -0.05) is 18.2 Å². The van der Waals surface area contributed by atoms with Gasteiger partial charge in [-0.05, 0) is 36.1 Å². The number of nitrogens with zero attached hydrogens (tertiary/aromatic N) is 2. The van der Waals surface area contributed by atoms with Gasteiger partial charge in [0.15, 0.2) is 0 Å². The average molecular weight is 208 g/mol. The van der Waals surface area contributed by atoms with Crippen molar-refractivity contribution >= 4 is 11.4 Å². The highest BCUT2D eigenvalue weighted by Gasteiger charge is 2.36. The predicted octanol–water partition coefficient (Wildman–Crippen LogP) is 2.70. The Hall–Kier alpha value is -1.83. The molecule has 16 heavy (non-hydrogen) atoms. The summed E-state index contributed by atoms with van der Waals surface area (Å²) in [6.07, 6.45) is 6.21. The molecule has 2 aliphatic heterocycles. The van der Waals surface area contributed by atoms with E-state index in [0.717, 1.165) is 6.42 Å². The van der Waals surface area contributed by atoms with Crippen LogP contribution in [0.5, 0.6) is 0 Å². The number of rotatable bonds is 0. The van der Waals surface area contributed by atoms with Crippen LogP contribution in [0, 0.1) is 0 Å². The third-order valence-electron chi connectivity index (χ3n) is 3.66. The van der Waals surface area contributed by atoms with Crippen LogP contribution in [0.25, 0.3) is 0 Å². The monoisotopic (exact) mass is 208 g/mol. The van der Waals surface area contributed by atoms with E-state index in [1.165, 1.54) is 28.9 Å². The third kappa shape index (κ3) is 0.941. The summed E-state index contributed by atoms with van der Waals surface area (Å²) in [6.45, 7) is 0. The van der Waals surface area contributed by atoms with Gasteiger partial charge in [-0.15, -0.1) is 0 Å². The summed E-state index contributed by atoms with van der Waals surface area (Å²) in [6, 6.07) is 11.5. The minimum atomic E-state index is 0.622. The molecule has 3 heterocycles. The summed E-state index contributed by atoms with van der Waals surface area (Å²) in [5.41, 5.74) is 5.61. The standard InChI is InChI=1S/C14H12N2/c1-2-4-13-10(3-1)7-12-8-11-9-15-6-5-14(11)16(12)13/h1-6,9,12H,7-8H2. The molecule has 0 aliphatic carbocycles. The van der Waals surface area contributed by atoms with E-state index in [1.54, 1.807) is 0 Å². The summed E-state index contributed by atoms with van der Waals surface area (Å²) >= 11 is 0. The Balaban J connectivity index is 1.93. The minimum absolute atomic E-state index is 0.622. The van der Waals surface area contributed by atoms with E-state index in [2.05, 4.69) is 40.2 Å². The Bertz CT molecular complexity index is 513. The summed E-state index contributed by atoms with van der Waals surface area (Å²) in [7, 11) is 0. The highest BCUT2D eigenvalue weighted by molar-refractivity contribution is 5.76. The van der Waals surface area contributed by atoms with E-state index in [4.69, 9.17) is 0 Å². The Labute approximate surface area is 94.6 Å². The van der Waals surface area contributed by atoms with Crippen molar-refractivity contribution in [3.05, 3.63) is 53.9 Å². The molecule has 1 aromatic heterocycles. The van der Waals surface area contributed by atoms with Crippen LogP contribution in [0.1, 0.15) is 11.1 Å². The first-order valence-electron chi connectivity index (χ1n) is 5.73. The zero-order valence-corrected chi connectivity index (χ0v) is 8.93. The van der Waals surface area contributed by atoms with Crippen molar-refractivity contribution in [1.29, 1.82) is 0 Å². The molecule has 0 amide bonds. The molecule has 2 aliphatic rings. The van der Waals surface area contributed by atoms with Crippen LogP contribution in [-0.4, -0.2) is 11.0 Å². The number of fused-ring (bicyclic) bond motifs is 5. The number of anilines is 2. The van der Waals surface area contributed by atoms with Gasteiger partial charge in [0.25, 0.3) is 0 Å². The fourth-order valence-corrected chi connectivity index (χ4v) is 3.02. The highest BCUT2D eigenvalue weighted by Crippen LogP contribution is 2.45. The smallest absolute Gasteiger partial charge is 0.0477 e. The topological polar surface area (TPSA) is 16.1 Å². The molecular formula is C14H12N2. The Morgan fingerprint density at radius 2 is 1.81 bits per heavy atom. The zero-order chi connectivity index (χ0) is 10.5. The van der Waals surface area contributed by atoms with Crippen LogP contribution in [0.2, 0.25) is 0 Å². The average Bonchev–Trinajstić information content (AvgIpc) is 2.83. The van der Waals surface area contributed by atoms with E-state index < -0.39 is 0 Å². The second-order valence-electron chi connectivity index (χ2n) is 4.57. The molecule has 2 aromatic rings. The number of benzene rings is 1. The van der Waals surface area contributed by atoms with Gasteiger partial charge in [0.05, 0.1) is 0 Å². The maximum Gasteiger partial charge on any atom is 0.0477 e. The van der Waals surface area contributed by atoms with Crippen LogP contribution in [-0.2, 0) is 12.8 Å². The van der Waals surface area contributed by atoms with Crippen LogP contribution < -0.4 is 4.90 Å². The van der Waals surface area contributed by atoms with Crippen molar-refractivity contribution in [3.63, 3.8) is 0 Å². The molecule has 2 heteroatoms. The first-order chi connectivity index (χ1) is 7.93. The van der Waals surface area contributed by atoms with Crippen molar-refractivity contribution in [2.75, 3.05) is 4.90 Å². The summed E-state index contributed by atoms with van der Waals surface area (Å²) < 4.78 is 0. The molecule has 1 atom stereocenters. The van der Waals surface area contributed by atoms with Gasteiger partial charge in [0.2, 0.25) is 0 Å². The summed E-state index contributed by atoms with van der Waals surface area (Å²) in [5, 5.41) is 0. The van der Waals surface area contributed by atoms with Crippen molar-refractivity contribution in [2.45, 2.75) is 18.9 Å². The van der Waals surface area contributed by atoms with Gasteiger partial charge in [0, 0.05) is 29.8 Å². The van der Waals surface area contributed by atoms with Crippen LogP contribution in [0.4, 0.5) is 11.4 Å². The quantitative estimate of drug-likeness (QED) is 0.661. The lowest BCUT2D eigenvalue weighted by molar-refractivity contribution is 0.725. The van der Waals surface area contributed by atoms with E-state index >= 15 is 0 Å². The molecule has 1 unspecified atom stereocenters. The maximum absolute atomic E-state index is 4.21. The van der Waals surface area contributed by atoms with E-state index in [9.17, 15) is 0 Å². The first kappa shape index (κ1) is 8.34. The molecule has 78 valence electrons. The molecule has 0 bridgehead atoms. The Kier molecular flexibility index (Phi) is 1.48.